The van der Waals surface area contributed by atoms with Crippen LogP contribution in [-0.2, 0) is 29.1 Å². The Labute approximate surface area is 246 Å². The van der Waals surface area contributed by atoms with Crippen molar-refractivity contribution in [3.05, 3.63) is 59.3 Å². The van der Waals surface area contributed by atoms with Crippen molar-refractivity contribution in [1.82, 2.24) is 24.7 Å². The molecule has 4 aliphatic heterocycles. The van der Waals surface area contributed by atoms with Crippen molar-refractivity contribution in [3.63, 3.8) is 0 Å². The van der Waals surface area contributed by atoms with Crippen LogP contribution in [0, 0.1) is 0 Å². The Bertz CT molecular complexity index is 1330. The fraction of sp³-hybridized carbons (Fsp3) is 0.533. The van der Waals surface area contributed by atoms with E-state index in [1.165, 1.54) is 29.2 Å². The summed E-state index contributed by atoms with van der Waals surface area (Å²) in [5, 5.41) is 0. The van der Waals surface area contributed by atoms with Crippen LogP contribution in [0.3, 0.4) is 0 Å². The number of hydrogen-bond acceptors (Lipinski definition) is 8. The van der Waals surface area contributed by atoms with Crippen LogP contribution in [0.25, 0.3) is 0 Å². The molecule has 0 N–H and O–H groups in total. The number of Topliss-reactive ketones (excluding diaryl/α,β-unsaturated/α-hetero) is 1. The quantitative estimate of drug-likeness (QED) is 0.140. The molecule has 3 saturated heterocycles. The number of aryl methyl sites for hydroxylation is 1. The summed E-state index contributed by atoms with van der Waals surface area (Å²) in [6.45, 7) is 7.61. The van der Waals surface area contributed by atoms with E-state index < -0.39 is 21.5 Å². The molecule has 1 aliphatic carbocycles. The number of amides is 1. The average molecular weight is 656 g/mol. The van der Waals surface area contributed by atoms with E-state index in [1.54, 1.807) is 0 Å². The van der Waals surface area contributed by atoms with Crippen LogP contribution in [0.1, 0.15) is 60.5 Å². The number of likely N-dealkylation sites (tertiary alicyclic amines) is 1. The number of nitrogens with zero attached hydrogens (tertiary/aromatic N) is 6. The van der Waals surface area contributed by atoms with Gasteiger partial charge in [-0.1, -0.05) is 0 Å². The van der Waals surface area contributed by atoms with Crippen LogP contribution >= 0.6 is 0 Å². The molecule has 0 saturated carbocycles. The first-order valence-electron chi connectivity index (χ1n) is 14.4. The van der Waals surface area contributed by atoms with Crippen LogP contribution in [0.5, 0.6) is 6.01 Å². The van der Waals surface area contributed by atoms with Crippen LogP contribution in [0.2, 0.25) is 0 Å². The number of ether oxygens (including phenoxy) is 1. The Balaban J connectivity index is 1.20. The summed E-state index contributed by atoms with van der Waals surface area (Å²) in [4.78, 5) is 42.1. The molecule has 7 rings (SSSR count). The topological polar surface area (TPSA) is 82.1 Å². The molecule has 9 nitrogen and oxygen atoms in total. The van der Waals surface area contributed by atoms with E-state index in [2.05, 4.69) is 50.8 Å². The molecule has 1 aromatic heterocycles. The summed E-state index contributed by atoms with van der Waals surface area (Å²) in [7, 11) is 2.15. The van der Waals surface area contributed by atoms with Crippen molar-refractivity contribution >= 4 is 17.5 Å². The molecule has 212 valence electrons. The number of fused-ring (bicyclic) bond motifs is 4. The minimum atomic E-state index is -0.697. The molecule has 40 heavy (non-hydrogen) atoms. The van der Waals surface area contributed by atoms with Crippen molar-refractivity contribution in [1.29, 1.82) is 0 Å². The minimum absolute atomic E-state index is 0.0642. The number of likely N-dealkylation sites (N-methyl/N-ethyl adjacent to an activating group) is 1. The number of carbonyl (C=O) groups is 2. The van der Waals surface area contributed by atoms with E-state index in [0.717, 1.165) is 50.4 Å². The van der Waals surface area contributed by atoms with E-state index in [-0.39, 0.29) is 21.8 Å². The van der Waals surface area contributed by atoms with Gasteiger partial charge in [-0.25, -0.2) is 0 Å². The standard InChI is InChI=1S/C30H36IN6O3/c1-3-28(39)37-21-13-22(38)14-27(37)31-36(15-21)29-24-16-35(26-11-10-19-7-4-5-9-23(19)26)17-25(24)32-30(33-29)40-18-20-8-6-12-34(20)2/h3-5,7,9,20-21,26-27H,1,6,8,10-18H2,2H3/q-1/t20-,21?,26?,27?/m0/s1. The zero-order valence-corrected chi connectivity index (χ0v) is 25.1. The Morgan fingerprint density at radius 3 is 2.88 bits per heavy atom. The van der Waals surface area contributed by atoms with Crippen LogP contribution in [0.4, 0.5) is 5.82 Å². The summed E-state index contributed by atoms with van der Waals surface area (Å²) in [5.74, 6) is 1.15. The molecule has 2 aromatic rings. The number of aromatic nitrogens is 2. The third kappa shape index (κ3) is 4.71. The van der Waals surface area contributed by atoms with Crippen LogP contribution in [0.15, 0.2) is 36.9 Å². The van der Waals surface area contributed by atoms with E-state index in [0.29, 0.717) is 44.1 Å². The molecule has 1 aromatic carbocycles. The fourth-order valence-corrected chi connectivity index (χ4v) is 10.9. The number of halogens is 1. The van der Waals surface area contributed by atoms with Gasteiger partial charge in [-0.05, 0) is 0 Å². The fourth-order valence-electron chi connectivity index (χ4n) is 7.11. The normalized spacial score (nSPS) is 28.3. The summed E-state index contributed by atoms with van der Waals surface area (Å²) in [6.07, 6.45) is 6.76. The number of hydrogen-bond donors (Lipinski definition) is 0. The number of carbonyl (C=O) groups excluding carboxylic acids is 2. The number of piperidine rings is 1. The van der Waals surface area contributed by atoms with Gasteiger partial charge < -0.3 is 0 Å². The molecule has 1 amide bonds. The molecule has 10 heteroatoms. The molecule has 0 spiro atoms. The second-order valence-corrected chi connectivity index (χ2v) is 14.8. The molecule has 5 heterocycles. The Morgan fingerprint density at radius 2 is 2.08 bits per heavy atom. The van der Waals surface area contributed by atoms with Gasteiger partial charge in [-0.15, -0.1) is 0 Å². The van der Waals surface area contributed by atoms with Crippen molar-refractivity contribution in [2.24, 2.45) is 0 Å². The van der Waals surface area contributed by atoms with Gasteiger partial charge in [0.15, 0.2) is 0 Å². The average Bonchev–Trinajstić information content (AvgIpc) is 3.68. The second-order valence-electron chi connectivity index (χ2n) is 11.6. The van der Waals surface area contributed by atoms with Gasteiger partial charge in [0.2, 0.25) is 0 Å². The first-order chi connectivity index (χ1) is 19.5. The molecule has 0 radical (unpaired) electrons. The first-order valence-corrected chi connectivity index (χ1v) is 16.6. The molecule has 4 atom stereocenters. The van der Waals surface area contributed by atoms with Gasteiger partial charge in [0.25, 0.3) is 0 Å². The van der Waals surface area contributed by atoms with E-state index in [9.17, 15) is 9.59 Å². The number of ketones is 1. The molecule has 3 unspecified atom stereocenters. The molecule has 3 fully saturated rings. The van der Waals surface area contributed by atoms with Gasteiger partial charge in [0.1, 0.15) is 0 Å². The molecular weight excluding hydrogens is 619 g/mol. The van der Waals surface area contributed by atoms with Crippen molar-refractivity contribution in [2.75, 3.05) is 29.9 Å². The third-order valence-corrected chi connectivity index (χ3v) is 12.4. The summed E-state index contributed by atoms with van der Waals surface area (Å²) in [6, 6.07) is 9.88. The molecule has 5 aliphatic rings. The van der Waals surface area contributed by atoms with Gasteiger partial charge in [-0.3, -0.25) is 0 Å². The maximum absolute atomic E-state index is 12.7. The van der Waals surface area contributed by atoms with Crippen molar-refractivity contribution < 1.29 is 35.8 Å². The monoisotopic (exact) mass is 655 g/mol. The summed E-state index contributed by atoms with van der Waals surface area (Å²) in [5.41, 5.74) is 5.12. The number of rotatable bonds is 6. The predicted molar refractivity (Wildman–Crippen MR) is 146 cm³/mol. The van der Waals surface area contributed by atoms with E-state index >= 15 is 0 Å². The first kappa shape index (κ1) is 26.3. The Hall–Kier alpha value is -2.57. The zero-order chi connectivity index (χ0) is 27.4. The Kier molecular flexibility index (Phi) is 7.03. The van der Waals surface area contributed by atoms with Gasteiger partial charge in [0, 0.05) is 0 Å². The third-order valence-electron chi connectivity index (χ3n) is 9.20. The van der Waals surface area contributed by atoms with Gasteiger partial charge in [0.05, 0.1) is 0 Å². The summed E-state index contributed by atoms with van der Waals surface area (Å²) >= 11 is -0.697. The molecule has 2 bridgehead atoms. The summed E-state index contributed by atoms with van der Waals surface area (Å²) < 4.78 is 8.63. The second kappa shape index (κ2) is 10.7. The SMILES string of the molecule is C=CC(=O)N1C2CC(=O)CC1[I-]N(c1nc(OC[C@@H]3CCCN3C)nc3c1CN(C1CCc4ccccc41)C3)C2. The number of anilines is 1. The van der Waals surface area contributed by atoms with Crippen LogP contribution in [-0.4, -0.2) is 79.2 Å². The number of benzene rings is 1. The van der Waals surface area contributed by atoms with Gasteiger partial charge >= 0.3 is 247 Å². The van der Waals surface area contributed by atoms with Crippen molar-refractivity contribution in [3.8, 4) is 6.01 Å². The Morgan fingerprint density at radius 1 is 1.20 bits per heavy atom. The molecular formula is C30H36IN6O3-. The van der Waals surface area contributed by atoms with E-state index in [1.807, 2.05) is 4.90 Å². The van der Waals surface area contributed by atoms with Gasteiger partial charge in [-0.2, -0.15) is 0 Å². The number of alkyl halides is 1. The van der Waals surface area contributed by atoms with Crippen LogP contribution < -0.4 is 29.3 Å². The van der Waals surface area contributed by atoms with Crippen molar-refractivity contribution in [2.45, 2.75) is 73.8 Å². The zero-order valence-electron chi connectivity index (χ0n) is 23.0. The van der Waals surface area contributed by atoms with E-state index in [4.69, 9.17) is 14.7 Å². The predicted octanol–water partition coefficient (Wildman–Crippen LogP) is -0.151. The maximum atomic E-state index is 12.7.